The summed E-state index contributed by atoms with van der Waals surface area (Å²) in [6, 6.07) is 0. The second-order valence-corrected chi connectivity index (χ2v) is 2.49. The first kappa shape index (κ1) is 9.10. The van der Waals surface area contributed by atoms with E-state index < -0.39 is 5.51 Å². The van der Waals surface area contributed by atoms with Crippen molar-refractivity contribution < 1.29 is 13.2 Å². The predicted octanol–water partition coefficient (Wildman–Crippen LogP) is 2.24. The highest BCUT2D eigenvalue weighted by Gasteiger charge is 2.26. The van der Waals surface area contributed by atoms with Gasteiger partial charge in [-0.15, -0.1) is 6.54 Å². The number of halogens is 3. The molecule has 0 spiro atoms. The van der Waals surface area contributed by atoms with Gasteiger partial charge in [0.25, 0.3) is 0 Å². The monoisotopic (exact) mass is 158 g/mol. The van der Waals surface area contributed by atoms with Crippen molar-refractivity contribution in [1.29, 1.82) is 0 Å². The molecular formula is C4H7F3NS-. The summed E-state index contributed by atoms with van der Waals surface area (Å²) in [6.45, 7) is 0.268. The van der Waals surface area contributed by atoms with Crippen LogP contribution in [-0.4, -0.2) is 24.9 Å². The molecule has 0 aliphatic carbocycles. The fourth-order valence-electron chi connectivity index (χ4n) is 0.253. The van der Waals surface area contributed by atoms with Crippen LogP contribution < -0.4 is 0 Å². The summed E-state index contributed by atoms with van der Waals surface area (Å²) in [7, 11) is 1.50. The third-order valence-electron chi connectivity index (χ3n) is 0.581. The molecule has 0 saturated heterocycles. The van der Waals surface area contributed by atoms with E-state index in [1.165, 1.54) is 7.05 Å². The molecule has 0 bridgehead atoms. The van der Waals surface area contributed by atoms with Crippen molar-refractivity contribution in [3.63, 3.8) is 0 Å². The lowest BCUT2D eigenvalue weighted by atomic mass is 10.8. The van der Waals surface area contributed by atoms with Gasteiger partial charge < -0.3 is 5.32 Å². The second kappa shape index (κ2) is 4.00. The molecule has 0 aliphatic rings. The van der Waals surface area contributed by atoms with Gasteiger partial charge >= 0.3 is 5.51 Å². The van der Waals surface area contributed by atoms with Crippen molar-refractivity contribution >= 4 is 11.8 Å². The van der Waals surface area contributed by atoms with Gasteiger partial charge in [-0.2, -0.15) is 20.2 Å². The van der Waals surface area contributed by atoms with Gasteiger partial charge in [0, 0.05) is 0 Å². The Hall–Kier alpha value is 0.100. The summed E-state index contributed by atoms with van der Waals surface area (Å²) >= 11 is -0.0356. The maximum absolute atomic E-state index is 11.3. The summed E-state index contributed by atoms with van der Waals surface area (Å²) in [4.78, 5) is 0. The van der Waals surface area contributed by atoms with Crippen LogP contribution in [0.3, 0.4) is 0 Å². The highest BCUT2D eigenvalue weighted by Crippen LogP contribution is 2.29. The van der Waals surface area contributed by atoms with Crippen molar-refractivity contribution in [2.75, 3.05) is 19.3 Å². The van der Waals surface area contributed by atoms with E-state index in [9.17, 15) is 13.2 Å². The highest BCUT2D eigenvalue weighted by atomic mass is 32.2. The normalized spacial score (nSPS) is 12.0. The highest BCUT2D eigenvalue weighted by molar-refractivity contribution is 8.00. The van der Waals surface area contributed by atoms with Crippen LogP contribution >= 0.6 is 11.8 Å². The molecule has 0 rings (SSSR count). The number of thioether (sulfide) groups is 1. The quantitative estimate of drug-likeness (QED) is 0.574. The van der Waals surface area contributed by atoms with E-state index in [4.69, 9.17) is 0 Å². The summed E-state index contributed by atoms with van der Waals surface area (Å²) in [5.74, 6) is 0.0278. The number of alkyl halides is 3. The lowest BCUT2D eigenvalue weighted by Crippen LogP contribution is -2.02. The minimum absolute atomic E-state index is 0.0278. The first-order chi connectivity index (χ1) is 4.06. The minimum atomic E-state index is -4.09. The lowest BCUT2D eigenvalue weighted by Gasteiger charge is -2.10. The molecule has 0 aromatic carbocycles. The molecule has 9 heavy (non-hydrogen) atoms. The van der Waals surface area contributed by atoms with Crippen LogP contribution in [0.2, 0.25) is 0 Å². The molecule has 0 fully saturated rings. The van der Waals surface area contributed by atoms with Crippen molar-refractivity contribution in [1.82, 2.24) is 0 Å². The Morgan fingerprint density at radius 3 is 2.33 bits per heavy atom. The van der Waals surface area contributed by atoms with Crippen molar-refractivity contribution in [2.45, 2.75) is 5.51 Å². The van der Waals surface area contributed by atoms with E-state index in [0.717, 1.165) is 0 Å². The largest absolute Gasteiger partial charge is 0.664 e. The standard InChI is InChI=1S/C4H7F3NS/c1-8-2-3-9-4(5,6)7/h2-3H2,1H3/q-1. The van der Waals surface area contributed by atoms with Gasteiger partial charge in [-0.25, -0.2) is 0 Å². The zero-order chi connectivity index (χ0) is 7.33. The molecular weight excluding hydrogens is 151 g/mol. The molecule has 56 valence electrons. The summed E-state index contributed by atoms with van der Waals surface area (Å²) in [5.41, 5.74) is -4.09. The van der Waals surface area contributed by atoms with E-state index >= 15 is 0 Å². The van der Waals surface area contributed by atoms with Crippen molar-refractivity contribution in [2.24, 2.45) is 0 Å². The number of nitrogens with zero attached hydrogens (tertiary/aromatic N) is 1. The molecule has 0 amide bonds. The van der Waals surface area contributed by atoms with E-state index in [0.29, 0.717) is 0 Å². The summed E-state index contributed by atoms with van der Waals surface area (Å²) in [5, 5.41) is 3.52. The SMILES string of the molecule is C[N-]CCSC(F)(F)F. The van der Waals surface area contributed by atoms with Crippen LogP contribution in [-0.2, 0) is 0 Å². The van der Waals surface area contributed by atoms with E-state index in [-0.39, 0.29) is 24.1 Å². The Kier molecular flexibility index (Phi) is 4.05. The Morgan fingerprint density at radius 1 is 1.44 bits per heavy atom. The number of hydrogen-bond acceptors (Lipinski definition) is 1. The molecule has 0 heterocycles. The zero-order valence-corrected chi connectivity index (χ0v) is 5.72. The molecule has 1 nitrogen and oxygen atoms in total. The Bertz CT molecular complexity index is 72.7. The van der Waals surface area contributed by atoms with Gasteiger partial charge in [0.2, 0.25) is 0 Å². The number of hydrogen-bond donors (Lipinski definition) is 0. The first-order valence-electron chi connectivity index (χ1n) is 2.32. The van der Waals surface area contributed by atoms with Gasteiger partial charge in [-0.05, 0) is 5.75 Å². The Morgan fingerprint density at radius 2 is 2.00 bits per heavy atom. The van der Waals surface area contributed by atoms with Gasteiger partial charge in [0.1, 0.15) is 0 Å². The van der Waals surface area contributed by atoms with Crippen LogP contribution in [0, 0.1) is 0 Å². The van der Waals surface area contributed by atoms with E-state index in [1.807, 2.05) is 0 Å². The summed E-state index contributed by atoms with van der Waals surface area (Å²) < 4.78 is 33.9. The van der Waals surface area contributed by atoms with Crippen LogP contribution in [0.1, 0.15) is 0 Å². The van der Waals surface area contributed by atoms with E-state index in [1.54, 1.807) is 0 Å². The Labute approximate surface area is 56.0 Å². The molecule has 0 atom stereocenters. The maximum Gasteiger partial charge on any atom is 0.441 e. The van der Waals surface area contributed by atoms with Gasteiger partial charge in [-0.3, -0.25) is 0 Å². The lowest BCUT2D eigenvalue weighted by molar-refractivity contribution is -0.0327. The fraction of sp³-hybridized carbons (Fsp3) is 1.00. The zero-order valence-electron chi connectivity index (χ0n) is 4.90. The molecule has 0 aromatic heterocycles. The Balaban J connectivity index is 3.07. The minimum Gasteiger partial charge on any atom is -0.664 e. The first-order valence-corrected chi connectivity index (χ1v) is 3.31. The molecule has 0 saturated carbocycles. The van der Waals surface area contributed by atoms with Gasteiger partial charge in [-0.1, -0.05) is 11.8 Å². The average Bonchev–Trinajstić information content (AvgIpc) is 1.63. The third-order valence-corrected chi connectivity index (χ3v) is 1.29. The second-order valence-electron chi connectivity index (χ2n) is 1.33. The van der Waals surface area contributed by atoms with Gasteiger partial charge in [0.15, 0.2) is 0 Å². The number of rotatable bonds is 3. The molecule has 0 aliphatic heterocycles. The van der Waals surface area contributed by atoms with Crippen LogP contribution in [0.4, 0.5) is 13.2 Å². The maximum atomic E-state index is 11.3. The molecule has 5 heteroatoms. The van der Waals surface area contributed by atoms with Crippen LogP contribution in [0.25, 0.3) is 5.32 Å². The van der Waals surface area contributed by atoms with Crippen LogP contribution in [0.5, 0.6) is 0 Å². The smallest absolute Gasteiger partial charge is 0.441 e. The predicted molar refractivity (Wildman–Crippen MR) is 32.7 cm³/mol. The van der Waals surface area contributed by atoms with Gasteiger partial charge in [0.05, 0.1) is 0 Å². The van der Waals surface area contributed by atoms with Crippen molar-refractivity contribution in [3.05, 3.63) is 5.32 Å². The molecule has 0 aromatic rings. The fourth-order valence-corrected chi connectivity index (χ4v) is 0.758. The molecule has 0 N–H and O–H groups in total. The third kappa shape index (κ3) is 8.10. The molecule has 0 radical (unpaired) electrons. The molecule has 0 unspecified atom stereocenters. The van der Waals surface area contributed by atoms with E-state index in [2.05, 4.69) is 5.32 Å². The summed E-state index contributed by atoms with van der Waals surface area (Å²) in [6.07, 6.45) is 0. The topological polar surface area (TPSA) is 14.1 Å². The van der Waals surface area contributed by atoms with Crippen LogP contribution in [0.15, 0.2) is 0 Å². The van der Waals surface area contributed by atoms with Crippen molar-refractivity contribution in [3.8, 4) is 0 Å². The average molecular weight is 158 g/mol.